The van der Waals surface area contributed by atoms with Crippen LogP contribution in [0, 0.1) is 0 Å². The highest BCUT2D eigenvalue weighted by atomic mass is 16.5. The van der Waals surface area contributed by atoms with Gasteiger partial charge in [0.2, 0.25) is 0 Å². The molecule has 0 aliphatic carbocycles. The van der Waals surface area contributed by atoms with Crippen LogP contribution in [-0.4, -0.2) is 71.1 Å². The maximum Gasteiger partial charge on any atom is 0.332 e. The lowest BCUT2D eigenvalue weighted by Crippen LogP contribution is -2.42. The molecule has 1 N–H and O–H groups in total. The van der Waals surface area contributed by atoms with E-state index in [4.69, 9.17) is 9.84 Å². The van der Waals surface area contributed by atoms with Crippen molar-refractivity contribution < 1.29 is 24.2 Å². The molecule has 2 heterocycles. The second kappa shape index (κ2) is 7.65. The van der Waals surface area contributed by atoms with Gasteiger partial charge in [0.25, 0.3) is 11.8 Å². The van der Waals surface area contributed by atoms with Crippen LogP contribution in [0.15, 0.2) is 30.3 Å². The lowest BCUT2D eigenvalue weighted by Gasteiger charge is -2.24. The first-order valence-electron chi connectivity index (χ1n) is 8.57. The summed E-state index contributed by atoms with van der Waals surface area (Å²) < 4.78 is 5.35. The van der Waals surface area contributed by atoms with Gasteiger partial charge in [0.1, 0.15) is 6.10 Å². The van der Waals surface area contributed by atoms with Gasteiger partial charge in [-0.2, -0.15) is 0 Å². The number of aliphatic carboxylic acids is 1. The van der Waals surface area contributed by atoms with Crippen molar-refractivity contribution in [3.8, 4) is 0 Å². The number of rotatable bonds is 3. The summed E-state index contributed by atoms with van der Waals surface area (Å²) >= 11 is 0. The summed E-state index contributed by atoms with van der Waals surface area (Å²) in [6.45, 7) is 2.05. The largest absolute Gasteiger partial charge is 0.479 e. The number of amides is 2. The van der Waals surface area contributed by atoms with Gasteiger partial charge < -0.3 is 19.6 Å². The van der Waals surface area contributed by atoms with Crippen LogP contribution in [0.1, 0.15) is 29.6 Å². The van der Waals surface area contributed by atoms with Crippen LogP contribution in [0.2, 0.25) is 0 Å². The molecule has 2 aliphatic heterocycles. The second-order valence-corrected chi connectivity index (χ2v) is 6.37. The summed E-state index contributed by atoms with van der Waals surface area (Å²) in [5.41, 5.74) is 0.644. The summed E-state index contributed by atoms with van der Waals surface area (Å²) in [7, 11) is 0. The topological polar surface area (TPSA) is 87.2 Å². The molecule has 7 nitrogen and oxygen atoms in total. The van der Waals surface area contributed by atoms with E-state index in [0.29, 0.717) is 51.0 Å². The lowest BCUT2D eigenvalue weighted by molar-refractivity contribution is -0.154. The Morgan fingerprint density at radius 3 is 2.24 bits per heavy atom. The minimum atomic E-state index is -1.02. The monoisotopic (exact) mass is 346 g/mol. The van der Waals surface area contributed by atoms with Gasteiger partial charge in [-0.1, -0.05) is 18.2 Å². The maximum absolute atomic E-state index is 12.6. The van der Waals surface area contributed by atoms with E-state index in [1.54, 1.807) is 21.9 Å². The van der Waals surface area contributed by atoms with Crippen LogP contribution in [0.4, 0.5) is 0 Å². The van der Waals surface area contributed by atoms with E-state index in [-0.39, 0.29) is 11.8 Å². The fourth-order valence-electron chi connectivity index (χ4n) is 3.31. The molecule has 0 radical (unpaired) electrons. The fraction of sp³-hybridized carbons (Fsp3) is 0.500. The first kappa shape index (κ1) is 17.4. The van der Waals surface area contributed by atoms with Crippen LogP contribution < -0.4 is 0 Å². The third-order valence-electron chi connectivity index (χ3n) is 4.69. The molecular weight excluding hydrogens is 324 g/mol. The third kappa shape index (κ3) is 3.99. The lowest BCUT2D eigenvalue weighted by atomic mass is 10.2. The third-order valence-corrected chi connectivity index (χ3v) is 4.69. The predicted molar refractivity (Wildman–Crippen MR) is 89.1 cm³/mol. The molecule has 2 saturated heterocycles. The van der Waals surface area contributed by atoms with Crippen LogP contribution in [0.25, 0.3) is 0 Å². The minimum absolute atomic E-state index is 0.0297. The van der Waals surface area contributed by atoms with E-state index in [2.05, 4.69) is 0 Å². The molecular formula is C18H22N2O5. The number of ether oxygens (including phenoxy) is 1. The van der Waals surface area contributed by atoms with Crippen LogP contribution in [0.3, 0.4) is 0 Å². The van der Waals surface area contributed by atoms with Crippen molar-refractivity contribution in [2.75, 3.05) is 26.2 Å². The van der Waals surface area contributed by atoms with Crippen molar-refractivity contribution >= 4 is 17.8 Å². The molecule has 2 atom stereocenters. The van der Waals surface area contributed by atoms with Gasteiger partial charge in [0.05, 0.1) is 0 Å². The highest BCUT2D eigenvalue weighted by Crippen LogP contribution is 2.22. The molecule has 2 fully saturated rings. The van der Waals surface area contributed by atoms with Gasteiger partial charge >= 0.3 is 5.97 Å². The summed E-state index contributed by atoms with van der Waals surface area (Å²) in [4.78, 5) is 39.5. The molecule has 7 heteroatoms. The van der Waals surface area contributed by atoms with Gasteiger partial charge in [-0.15, -0.1) is 0 Å². The number of carbonyl (C=O) groups is 3. The number of carboxylic acids is 1. The summed E-state index contributed by atoms with van der Waals surface area (Å²) in [5.74, 6) is -1.22. The Hall–Kier alpha value is -2.41. The summed E-state index contributed by atoms with van der Waals surface area (Å²) in [6, 6.07) is 9.10. The van der Waals surface area contributed by atoms with Crippen molar-refractivity contribution in [3.05, 3.63) is 35.9 Å². The van der Waals surface area contributed by atoms with Gasteiger partial charge in [0.15, 0.2) is 6.10 Å². The Labute approximate surface area is 146 Å². The standard InChI is InChI=1S/C18H22N2O5/c21-16(13-5-2-1-3-6-13)19-9-4-10-20(12-11-19)17(22)14-7-8-15(25-14)18(23)24/h1-3,5-6,14-15H,4,7-12H2,(H,23,24)/t14-,15+/m0/s1. The minimum Gasteiger partial charge on any atom is -0.479 e. The molecule has 0 saturated carbocycles. The molecule has 0 aromatic heterocycles. The Kier molecular flexibility index (Phi) is 5.33. The molecule has 2 aliphatic rings. The molecule has 1 aromatic carbocycles. The van der Waals surface area contributed by atoms with Crippen molar-refractivity contribution in [2.45, 2.75) is 31.5 Å². The van der Waals surface area contributed by atoms with Gasteiger partial charge in [-0.25, -0.2) is 4.79 Å². The second-order valence-electron chi connectivity index (χ2n) is 6.37. The SMILES string of the molecule is O=C(O)[C@H]1CC[C@@H](C(=O)N2CCCN(C(=O)c3ccccc3)CC2)O1. The van der Waals surface area contributed by atoms with Gasteiger partial charge in [-0.05, 0) is 31.4 Å². The normalized spacial score (nSPS) is 24.0. The number of carboxylic acid groups (broad SMARTS) is 1. The van der Waals surface area contributed by atoms with Gasteiger partial charge in [0, 0.05) is 31.7 Å². The van der Waals surface area contributed by atoms with E-state index in [9.17, 15) is 14.4 Å². The number of nitrogens with zero attached hydrogens (tertiary/aromatic N) is 2. The number of hydrogen-bond donors (Lipinski definition) is 1. The molecule has 0 bridgehead atoms. The van der Waals surface area contributed by atoms with E-state index in [1.165, 1.54) is 0 Å². The number of hydrogen-bond acceptors (Lipinski definition) is 4. The van der Waals surface area contributed by atoms with Crippen molar-refractivity contribution in [3.63, 3.8) is 0 Å². The summed E-state index contributed by atoms with van der Waals surface area (Å²) in [6.07, 6.45) is -0.0918. The quantitative estimate of drug-likeness (QED) is 0.882. The molecule has 25 heavy (non-hydrogen) atoms. The zero-order chi connectivity index (χ0) is 17.8. The van der Waals surface area contributed by atoms with E-state index >= 15 is 0 Å². The van der Waals surface area contributed by atoms with Crippen molar-refractivity contribution in [1.82, 2.24) is 9.80 Å². The Bertz CT molecular complexity index is 648. The average molecular weight is 346 g/mol. The summed E-state index contributed by atoms with van der Waals surface area (Å²) in [5, 5.41) is 8.98. The zero-order valence-electron chi connectivity index (χ0n) is 14.0. The highest BCUT2D eigenvalue weighted by molar-refractivity contribution is 5.94. The smallest absolute Gasteiger partial charge is 0.332 e. The fourth-order valence-corrected chi connectivity index (χ4v) is 3.31. The average Bonchev–Trinajstić information content (AvgIpc) is 3.00. The molecule has 134 valence electrons. The van der Waals surface area contributed by atoms with Gasteiger partial charge in [-0.3, -0.25) is 9.59 Å². The maximum atomic E-state index is 12.6. The Morgan fingerprint density at radius 1 is 0.920 bits per heavy atom. The number of benzene rings is 1. The van der Waals surface area contributed by atoms with Crippen molar-refractivity contribution in [2.24, 2.45) is 0 Å². The van der Waals surface area contributed by atoms with E-state index in [1.807, 2.05) is 18.2 Å². The number of carbonyl (C=O) groups excluding carboxylic acids is 2. The zero-order valence-corrected chi connectivity index (χ0v) is 14.0. The molecule has 2 amide bonds. The van der Waals surface area contributed by atoms with E-state index in [0.717, 1.165) is 0 Å². The Balaban J connectivity index is 1.57. The highest BCUT2D eigenvalue weighted by Gasteiger charge is 2.37. The van der Waals surface area contributed by atoms with E-state index < -0.39 is 18.2 Å². The van der Waals surface area contributed by atoms with Crippen molar-refractivity contribution in [1.29, 1.82) is 0 Å². The molecule has 0 unspecified atom stereocenters. The predicted octanol–water partition coefficient (Wildman–Crippen LogP) is 0.993. The molecule has 0 spiro atoms. The van der Waals surface area contributed by atoms with Crippen LogP contribution in [0.5, 0.6) is 0 Å². The molecule has 1 aromatic rings. The van der Waals surface area contributed by atoms with Crippen LogP contribution >= 0.6 is 0 Å². The van der Waals surface area contributed by atoms with Crippen LogP contribution in [-0.2, 0) is 14.3 Å². The first-order valence-corrected chi connectivity index (χ1v) is 8.57. The molecule has 3 rings (SSSR count). The Morgan fingerprint density at radius 2 is 1.56 bits per heavy atom. The first-order chi connectivity index (χ1) is 12.1.